The molecule has 0 unspecified atom stereocenters. The molecule has 1 heterocycles. The van der Waals surface area contributed by atoms with Crippen LogP contribution >= 0.6 is 0 Å². The highest BCUT2D eigenvalue weighted by molar-refractivity contribution is 7.16. The van der Waals surface area contributed by atoms with E-state index in [1.165, 1.54) is 13.0 Å². The Labute approximate surface area is 248 Å². The molecule has 4 bridgehead atoms. The Morgan fingerprint density at radius 1 is 0.744 bits per heavy atom. The van der Waals surface area contributed by atoms with Crippen LogP contribution < -0.4 is 5.19 Å². The molecule has 6 rings (SSSR count). The summed E-state index contributed by atoms with van der Waals surface area (Å²) in [7, 11) is -2.55. The molecule has 39 heavy (non-hydrogen) atoms. The molecule has 1 nitrogen and oxygen atoms in total. The fourth-order valence-corrected chi connectivity index (χ4v) is 43.2. The lowest BCUT2D eigenvalue weighted by Crippen LogP contribution is -2.66. The van der Waals surface area contributed by atoms with Crippen molar-refractivity contribution in [1.82, 2.24) is 4.57 Å². The smallest absolute Gasteiger partial charge is 0.0474 e. The van der Waals surface area contributed by atoms with E-state index in [2.05, 4.69) is 97.5 Å². The highest BCUT2D eigenvalue weighted by Crippen LogP contribution is 2.62. The van der Waals surface area contributed by atoms with E-state index in [4.69, 9.17) is 0 Å². The van der Waals surface area contributed by atoms with Crippen LogP contribution in [0.25, 0.3) is 0 Å². The second-order valence-electron chi connectivity index (χ2n) is 17.5. The van der Waals surface area contributed by atoms with Gasteiger partial charge >= 0.3 is 0 Å². The SMILES string of the molecule is CC(C)c1cc(C(C)C)c([Si-]=[Si]2N(C34CC5CC(CC(C5)C3)C4)CCC2([Si](C)(C)C)[Si](C)(C)C)c(C(C)C)c1. The van der Waals surface area contributed by atoms with Gasteiger partial charge in [-0.25, -0.2) is 5.19 Å². The van der Waals surface area contributed by atoms with E-state index in [0.717, 1.165) is 26.4 Å². The highest BCUT2D eigenvalue weighted by atomic mass is 28.9. The van der Waals surface area contributed by atoms with Gasteiger partial charge in [-0.2, -0.15) is 0 Å². The molecular weight excluding hydrogens is 535 g/mol. The summed E-state index contributed by atoms with van der Waals surface area (Å²) in [6, 6.07) is 5.31. The van der Waals surface area contributed by atoms with Crippen LogP contribution in [0, 0.1) is 17.8 Å². The van der Waals surface area contributed by atoms with E-state index in [0.29, 0.717) is 27.6 Å². The second-order valence-corrected chi connectivity index (χ2v) is 34.7. The van der Waals surface area contributed by atoms with Crippen molar-refractivity contribution in [1.29, 1.82) is 0 Å². The van der Waals surface area contributed by atoms with Crippen LogP contribution in [0.15, 0.2) is 12.1 Å². The predicted molar refractivity (Wildman–Crippen MR) is 181 cm³/mol. The predicted octanol–water partition coefficient (Wildman–Crippen LogP) is 9.04. The third-order valence-electron chi connectivity index (χ3n) is 11.9. The van der Waals surface area contributed by atoms with Gasteiger partial charge in [-0.15, -0.1) is 8.05 Å². The maximum Gasteiger partial charge on any atom is 0.0474 e. The summed E-state index contributed by atoms with van der Waals surface area (Å²) >= 11 is 0. The fourth-order valence-electron chi connectivity index (χ4n) is 10.6. The molecule has 5 aliphatic rings. The zero-order chi connectivity index (χ0) is 28.7. The first-order valence-electron chi connectivity index (χ1n) is 16.6. The Morgan fingerprint density at radius 3 is 1.54 bits per heavy atom. The fraction of sp³-hybridized carbons (Fsp3) is 0.824. The van der Waals surface area contributed by atoms with Gasteiger partial charge in [0.05, 0.1) is 0 Å². The van der Waals surface area contributed by atoms with Crippen LogP contribution in [-0.2, 0) is 0 Å². The van der Waals surface area contributed by atoms with Gasteiger partial charge in [-0.05, 0) is 90.3 Å². The van der Waals surface area contributed by atoms with Crippen molar-refractivity contribution in [2.24, 2.45) is 17.8 Å². The Hall–Kier alpha value is -0.112. The summed E-state index contributed by atoms with van der Waals surface area (Å²) in [6.45, 7) is 32.9. The summed E-state index contributed by atoms with van der Waals surface area (Å²) < 4.78 is 4.08. The lowest BCUT2D eigenvalue weighted by Gasteiger charge is -2.64. The lowest BCUT2D eigenvalue weighted by atomic mass is 9.53. The van der Waals surface area contributed by atoms with Crippen molar-refractivity contribution < 1.29 is 0 Å². The van der Waals surface area contributed by atoms with Gasteiger partial charge in [0, 0.05) is 28.2 Å². The zero-order valence-corrected chi connectivity index (χ0v) is 31.7. The summed E-state index contributed by atoms with van der Waals surface area (Å²) in [5.41, 5.74) is 5.54. The van der Waals surface area contributed by atoms with Gasteiger partial charge in [0.2, 0.25) is 0 Å². The van der Waals surface area contributed by atoms with Gasteiger partial charge in [0.1, 0.15) is 0 Å². The van der Waals surface area contributed by atoms with Crippen molar-refractivity contribution in [2.45, 2.75) is 153 Å². The first kappa shape index (κ1) is 30.3. The Balaban J connectivity index is 1.78. The lowest BCUT2D eigenvalue weighted by molar-refractivity contribution is -0.0555. The van der Waals surface area contributed by atoms with Crippen LogP contribution in [0.1, 0.15) is 121 Å². The van der Waals surface area contributed by atoms with E-state index >= 15 is 0 Å². The van der Waals surface area contributed by atoms with Gasteiger partial charge in [0.25, 0.3) is 0 Å². The molecule has 218 valence electrons. The molecule has 0 radical (unpaired) electrons. The van der Waals surface area contributed by atoms with Crippen molar-refractivity contribution in [3.8, 4) is 0 Å². The van der Waals surface area contributed by atoms with Gasteiger partial charge in [-0.1, -0.05) is 104 Å². The number of hydrogen-bond donors (Lipinski definition) is 0. The van der Waals surface area contributed by atoms with E-state index in [1.54, 1.807) is 55.2 Å². The van der Waals surface area contributed by atoms with Crippen molar-refractivity contribution in [3.05, 3.63) is 28.8 Å². The molecule has 4 saturated carbocycles. The molecule has 5 fully saturated rings. The zero-order valence-electron chi connectivity index (χ0n) is 27.7. The minimum atomic E-state index is -1.43. The third kappa shape index (κ3) is 4.99. The van der Waals surface area contributed by atoms with E-state index in [1.807, 2.05) is 5.19 Å². The molecule has 1 aliphatic heterocycles. The Bertz CT molecular complexity index is 1040. The average molecular weight is 595 g/mol. The topological polar surface area (TPSA) is 3.24 Å². The largest absolute Gasteiger partial charge is 0.436 e. The molecule has 0 N–H and O–H groups in total. The molecule has 1 saturated heterocycles. The summed E-state index contributed by atoms with van der Waals surface area (Å²) in [5, 5.41) is 1.83. The molecule has 0 spiro atoms. The molecule has 0 amide bonds. The van der Waals surface area contributed by atoms with Crippen LogP contribution in [0.3, 0.4) is 0 Å². The van der Waals surface area contributed by atoms with E-state index in [-0.39, 0.29) is 0 Å². The highest BCUT2D eigenvalue weighted by Gasteiger charge is 2.60. The number of rotatable bonds is 7. The maximum atomic E-state index is 3.40. The van der Waals surface area contributed by atoms with Crippen LogP contribution in [0.5, 0.6) is 0 Å². The minimum Gasteiger partial charge on any atom is -0.436 e. The summed E-state index contributed by atoms with van der Waals surface area (Å²) in [4.78, 5) is 0. The molecular formula is C34H60NSi4-. The van der Waals surface area contributed by atoms with Crippen molar-refractivity contribution in [2.75, 3.05) is 6.54 Å². The Kier molecular flexibility index (Phi) is 7.98. The molecule has 0 aromatic heterocycles. The maximum absolute atomic E-state index is 3.40. The van der Waals surface area contributed by atoms with E-state index in [9.17, 15) is 0 Å². The van der Waals surface area contributed by atoms with Gasteiger partial charge in [-0.3, -0.25) is 0 Å². The van der Waals surface area contributed by atoms with E-state index < -0.39 is 24.2 Å². The first-order chi connectivity index (χ1) is 18.0. The summed E-state index contributed by atoms with van der Waals surface area (Å²) in [5.74, 6) is 4.94. The number of benzene rings is 1. The van der Waals surface area contributed by atoms with Crippen molar-refractivity contribution >= 4 is 38.0 Å². The molecule has 1 aromatic rings. The molecule has 1 aromatic carbocycles. The van der Waals surface area contributed by atoms with Crippen LogP contribution in [0.4, 0.5) is 0 Å². The van der Waals surface area contributed by atoms with Gasteiger partial charge < -0.3 is 13.2 Å². The third-order valence-corrected chi connectivity index (χ3v) is 36.4. The van der Waals surface area contributed by atoms with Crippen LogP contribution in [0.2, 0.25) is 43.6 Å². The monoisotopic (exact) mass is 594 g/mol. The number of hydrogen-bond acceptors (Lipinski definition) is 1. The van der Waals surface area contributed by atoms with Gasteiger partial charge in [0.15, 0.2) is 0 Å². The van der Waals surface area contributed by atoms with Crippen molar-refractivity contribution in [3.63, 3.8) is 0 Å². The second kappa shape index (κ2) is 10.3. The molecule has 5 heteroatoms. The standard InChI is InChI=1S/C34H60NSi4/c1-23(2)29-18-30(24(3)4)32(31(19-29)25(5)6)36-37-34(38(7,8)9,39(10,11)12)13-14-35(37)33-20-26-15-27(21-33)17-28(16-26)22-33/h18-19,23-28H,13-17,20-22H2,1-12H3/q-1. The normalized spacial score (nSPS) is 31.5. The summed E-state index contributed by atoms with van der Waals surface area (Å²) in [6.07, 6.45) is 10.9. The molecule has 4 aliphatic carbocycles. The van der Waals surface area contributed by atoms with Crippen LogP contribution in [-0.4, -0.2) is 49.5 Å². The first-order valence-corrected chi connectivity index (χ1v) is 27.0. The Morgan fingerprint density at radius 2 is 1.18 bits per heavy atom. The molecule has 0 atom stereocenters. The minimum absolute atomic E-state index is 0.560. The number of nitrogens with zero attached hydrogens (tertiary/aromatic N) is 1. The average Bonchev–Trinajstić information content (AvgIpc) is 3.19. The quantitative estimate of drug-likeness (QED) is 0.285.